The lowest BCUT2D eigenvalue weighted by atomic mass is 10.3. The maximum Gasteiger partial charge on any atom is 0.289 e. The molecule has 2 fully saturated rings. The van der Waals surface area contributed by atoms with Crippen LogP contribution in [0.25, 0.3) is 0 Å². The molecule has 0 N–H and O–H groups in total. The summed E-state index contributed by atoms with van der Waals surface area (Å²) in [7, 11) is -1.85. The van der Waals surface area contributed by atoms with Gasteiger partial charge in [-0.05, 0) is 31.4 Å². The minimum Gasteiger partial charge on any atom is -0.453 e. The average Bonchev–Trinajstić information content (AvgIpc) is 3.22. The molecule has 8 nitrogen and oxygen atoms in total. The minimum absolute atomic E-state index is 0.206. The van der Waals surface area contributed by atoms with Crippen molar-refractivity contribution in [2.75, 3.05) is 46.4 Å². The molecule has 9 heteroatoms. The predicted octanol–water partition coefficient (Wildman–Crippen LogP) is 0.915. The number of carbonyl (C=O) groups excluding carboxylic acids is 1. The number of rotatable bonds is 5. The first kappa shape index (κ1) is 18.4. The van der Waals surface area contributed by atoms with E-state index in [9.17, 15) is 13.2 Å². The monoisotopic (exact) mass is 371 g/mol. The Morgan fingerprint density at radius 2 is 1.72 bits per heavy atom. The summed E-state index contributed by atoms with van der Waals surface area (Å²) in [5.74, 6) is 0.657. The Hall–Kier alpha value is -1.42. The summed E-state index contributed by atoms with van der Waals surface area (Å²) in [6.45, 7) is 3.14. The van der Waals surface area contributed by atoms with Gasteiger partial charge in [0.25, 0.3) is 16.1 Å². The standard InChI is InChI=1S/C16H25N3O5S/c1-23-13-14-5-6-15(24-14)16(20)17-7-4-10-19(12-11-17)25(21,22)18-8-2-3-9-18/h5-6H,2-4,7-13H2,1H3. The molecule has 2 aliphatic heterocycles. The van der Waals surface area contributed by atoms with Crippen molar-refractivity contribution in [1.29, 1.82) is 0 Å². The van der Waals surface area contributed by atoms with Gasteiger partial charge in [0.15, 0.2) is 5.76 Å². The lowest BCUT2D eigenvalue weighted by Crippen LogP contribution is -2.44. The summed E-state index contributed by atoms with van der Waals surface area (Å²) in [5.41, 5.74) is 0. The third kappa shape index (κ3) is 4.05. The smallest absolute Gasteiger partial charge is 0.289 e. The van der Waals surface area contributed by atoms with Crippen LogP contribution in [0.2, 0.25) is 0 Å². The van der Waals surface area contributed by atoms with E-state index in [0.717, 1.165) is 12.8 Å². The first-order valence-corrected chi connectivity index (χ1v) is 10.0. The molecule has 3 heterocycles. The molecule has 0 radical (unpaired) electrons. The van der Waals surface area contributed by atoms with Gasteiger partial charge in [-0.15, -0.1) is 0 Å². The lowest BCUT2D eigenvalue weighted by Gasteiger charge is -2.26. The van der Waals surface area contributed by atoms with Gasteiger partial charge in [0.05, 0.1) is 0 Å². The second-order valence-electron chi connectivity index (χ2n) is 6.36. The van der Waals surface area contributed by atoms with Gasteiger partial charge in [-0.25, -0.2) is 0 Å². The first-order valence-electron chi connectivity index (χ1n) is 8.64. The molecule has 0 saturated carbocycles. The molecule has 1 amide bonds. The van der Waals surface area contributed by atoms with Gasteiger partial charge in [0.2, 0.25) is 0 Å². The number of nitrogens with zero attached hydrogens (tertiary/aromatic N) is 3. The highest BCUT2D eigenvalue weighted by Gasteiger charge is 2.33. The Morgan fingerprint density at radius 3 is 2.44 bits per heavy atom. The molecular formula is C16H25N3O5S. The molecule has 0 bridgehead atoms. The van der Waals surface area contributed by atoms with Gasteiger partial charge < -0.3 is 14.1 Å². The number of carbonyl (C=O) groups is 1. The molecule has 3 rings (SSSR count). The van der Waals surface area contributed by atoms with Crippen molar-refractivity contribution >= 4 is 16.1 Å². The maximum atomic E-state index is 12.7. The summed E-state index contributed by atoms with van der Waals surface area (Å²) in [6, 6.07) is 3.36. The second kappa shape index (κ2) is 7.86. The number of ether oxygens (including phenoxy) is 1. The fourth-order valence-electron chi connectivity index (χ4n) is 3.28. The highest BCUT2D eigenvalue weighted by Crippen LogP contribution is 2.19. The number of hydrogen-bond acceptors (Lipinski definition) is 5. The Balaban J connectivity index is 1.63. The van der Waals surface area contributed by atoms with Gasteiger partial charge in [0, 0.05) is 46.4 Å². The zero-order valence-corrected chi connectivity index (χ0v) is 15.3. The Kier molecular flexibility index (Phi) is 5.78. The molecule has 25 heavy (non-hydrogen) atoms. The quantitative estimate of drug-likeness (QED) is 0.768. The van der Waals surface area contributed by atoms with Crippen molar-refractivity contribution in [1.82, 2.24) is 13.5 Å². The van der Waals surface area contributed by atoms with Crippen LogP contribution in [0.3, 0.4) is 0 Å². The Bertz CT molecular complexity index is 696. The summed E-state index contributed by atoms with van der Waals surface area (Å²) in [5, 5.41) is 0. The molecule has 2 saturated heterocycles. The topological polar surface area (TPSA) is 83.3 Å². The van der Waals surface area contributed by atoms with Crippen LogP contribution in [0.5, 0.6) is 0 Å². The van der Waals surface area contributed by atoms with E-state index in [2.05, 4.69) is 0 Å². The molecule has 1 aromatic rings. The predicted molar refractivity (Wildman–Crippen MR) is 91.2 cm³/mol. The first-order chi connectivity index (χ1) is 12.0. The lowest BCUT2D eigenvalue weighted by molar-refractivity contribution is 0.0724. The molecule has 1 aromatic heterocycles. The van der Waals surface area contributed by atoms with Crippen molar-refractivity contribution in [3.63, 3.8) is 0 Å². The fourth-order valence-corrected chi connectivity index (χ4v) is 5.00. The molecule has 2 aliphatic rings. The zero-order chi connectivity index (χ0) is 17.9. The zero-order valence-electron chi connectivity index (χ0n) is 14.5. The highest BCUT2D eigenvalue weighted by atomic mass is 32.2. The molecule has 0 aromatic carbocycles. The van der Waals surface area contributed by atoms with Crippen molar-refractivity contribution in [3.05, 3.63) is 23.7 Å². The van der Waals surface area contributed by atoms with E-state index in [-0.39, 0.29) is 11.7 Å². The summed E-state index contributed by atoms with van der Waals surface area (Å²) in [4.78, 5) is 14.3. The largest absolute Gasteiger partial charge is 0.453 e. The third-order valence-corrected chi connectivity index (χ3v) is 6.65. The minimum atomic E-state index is -3.41. The summed E-state index contributed by atoms with van der Waals surface area (Å²) >= 11 is 0. The van der Waals surface area contributed by atoms with Gasteiger partial charge in [-0.1, -0.05) is 0 Å². The number of hydrogen-bond donors (Lipinski definition) is 0. The highest BCUT2D eigenvalue weighted by molar-refractivity contribution is 7.86. The van der Waals surface area contributed by atoms with E-state index in [1.165, 1.54) is 4.31 Å². The number of furan rings is 1. The van der Waals surface area contributed by atoms with Gasteiger partial charge >= 0.3 is 0 Å². The number of amides is 1. The average molecular weight is 371 g/mol. The van der Waals surface area contributed by atoms with Crippen LogP contribution in [0.1, 0.15) is 35.6 Å². The summed E-state index contributed by atoms with van der Waals surface area (Å²) < 4.78 is 38.9. The van der Waals surface area contributed by atoms with Gasteiger partial charge in [0.1, 0.15) is 12.4 Å². The van der Waals surface area contributed by atoms with Crippen LogP contribution in [0.4, 0.5) is 0 Å². The van der Waals surface area contributed by atoms with E-state index >= 15 is 0 Å². The molecule has 0 atom stereocenters. The van der Waals surface area contributed by atoms with Crippen LogP contribution < -0.4 is 0 Å². The maximum absolute atomic E-state index is 12.7. The van der Waals surface area contributed by atoms with E-state index in [0.29, 0.717) is 58.1 Å². The van der Waals surface area contributed by atoms with Gasteiger partial charge in [-0.2, -0.15) is 17.0 Å². The molecule has 0 spiro atoms. The van der Waals surface area contributed by atoms with Crippen LogP contribution in [0, 0.1) is 0 Å². The van der Waals surface area contributed by atoms with E-state index < -0.39 is 10.2 Å². The third-order valence-electron chi connectivity index (χ3n) is 4.62. The number of methoxy groups -OCH3 is 1. The van der Waals surface area contributed by atoms with Crippen LogP contribution in [-0.4, -0.2) is 74.2 Å². The second-order valence-corrected chi connectivity index (χ2v) is 8.29. The summed E-state index contributed by atoms with van der Waals surface area (Å²) in [6.07, 6.45) is 2.45. The fraction of sp³-hybridized carbons (Fsp3) is 0.688. The van der Waals surface area contributed by atoms with Crippen molar-refractivity contribution < 1.29 is 22.4 Å². The van der Waals surface area contributed by atoms with Crippen LogP contribution in [-0.2, 0) is 21.6 Å². The molecular weight excluding hydrogens is 346 g/mol. The Labute approximate surface area is 148 Å². The Morgan fingerprint density at radius 1 is 1.04 bits per heavy atom. The SMILES string of the molecule is COCc1ccc(C(=O)N2CCCN(S(=O)(=O)N3CCCC3)CC2)o1. The van der Waals surface area contributed by atoms with Crippen LogP contribution >= 0.6 is 0 Å². The normalized spacial score (nSPS) is 20.8. The van der Waals surface area contributed by atoms with Crippen molar-refractivity contribution in [2.24, 2.45) is 0 Å². The van der Waals surface area contributed by atoms with E-state index in [1.807, 2.05) is 0 Å². The van der Waals surface area contributed by atoms with Crippen LogP contribution in [0.15, 0.2) is 16.5 Å². The molecule has 0 unspecified atom stereocenters. The van der Waals surface area contributed by atoms with E-state index in [1.54, 1.807) is 28.4 Å². The van der Waals surface area contributed by atoms with Crippen molar-refractivity contribution in [3.8, 4) is 0 Å². The van der Waals surface area contributed by atoms with Crippen molar-refractivity contribution in [2.45, 2.75) is 25.9 Å². The molecule has 0 aliphatic carbocycles. The van der Waals surface area contributed by atoms with Gasteiger partial charge in [-0.3, -0.25) is 4.79 Å². The van der Waals surface area contributed by atoms with E-state index in [4.69, 9.17) is 9.15 Å². The molecule has 140 valence electrons.